The normalized spacial score (nSPS) is 9.67. The maximum absolute atomic E-state index is 5.17. The topological polar surface area (TPSA) is 64.4 Å². The highest BCUT2D eigenvalue weighted by molar-refractivity contribution is 5.75. The standard InChI is InChI=1S/C6H15N3/c1-3-5(4-2)9-6(7)8/h5H,3-4H2,1-2H3,(H4,7,8,9). The molecule has 0 aliphatic carbocycles. The molecular formula is C6H15N3. The quantitative estimate of drug-likeness (QED) is 0.429. The molecule has 54 valence electrons. The van der Waals surface area contributed by atoms with Crippen molar-refractivity contribution in [2.75, 3.05) is 0 Å². The van der Waals surface area contributed by atoms with Crippen LogP contribution in [0.4, 0.5) is 0 Å². The Morgan fingerprint density at radius 2 is 1.78 bits per heavy atom. The first kappa shape index (κ1) is 8.27. The minimum absolute atomic E-state index is 0.198. The molecule has 0 saturated heterocycles. The zero-order chi connectivity index (χ0) is 7.28. The second-order valence-corrected chi connectivity index (χ2v) is 2.02. The molecule has 0 aliphatic rings. The Balaban J connectivity index is 3.68. The Hall–Kier alpha value is -0.730. The van der Waals surface area contributed by atoms with Gasteiger partial charge in [0.05, 0.1) is 6.04 Å². The molecule has 0 atom stereocenters. The van der Waals surface area contributed by atoms with E-state index in [0.29, 0.717) is 6.04 Å². The predicted octanol–water partition coefficient (Wildman–Crippen LogP) is 0.448. The molecule has 0 rings (SSSR count). The highest BCUT2D eigenvalue weighted by Crippen LogP contribution is 2.00. The zero-order valence-electron chi connectivity index (χ0n) is 6.09. The van der Waals surface area contributed by atoms with Crippen LogP contribution in [-0.2, 0) is 0 Å². The van der Waals surface area contributed by atoms with E-state index in [1.807, 2.05) is 0 Å². The van der Waals surface area contributed by atoms with E-state index < -0.39 is 0 Å². The highest BCUT2D eigenvalue weighted by atomic mass is 15.0. The Morgan fingerprint density at radius 3 is 1.89 bits per heavy atom. The van der Waals surface area contributed by atoms with Crippen molar-refractivity contribution in [1.82, 2.24) is 0 Å². The number of guanidine groups is 1. The summed E-state index contributed by atoms with van der Waals surface area (Å²) in [5, 5.41) is 0. The van der Waals surface area contributed by atoms with Crippen LogP contribution in [0.25, 0.3) is 0 Å². The summed E-state index contributed by atoms with van der Waals surface area (Å²) in [5.74, 6) is 0.198. The molecule has 0 spiro atoms. The molecule has 0 bridgehead atoms. The van der Waals surface area contributed by atoms with Crippen LogP contribution in [0.3, 0.4) is 0 Å². The number of nitrogens with zero attached hydrogens (tertiary/aromatic N) is 1. The van der Waals surface area contributed by atoms with Crippen molar-refractivity contribution >= 4 is 5.96 Å². The van der Waals surface area contributed by atoms with E-state index in [1.165, 1.54) is 0 Å². The average Bonchev–Trinajstić information content (AvgIpc) is 1.82. The molecule has 0 fully saturated rings. The molecule has 4 N–H and O–H groups in total. The SMILES string of the molecule is CCC(CC)N=C(N)N. The van der Waals surface area contributed by atoms with Gasteiger partial charge in [0.2, 0.25) is 0 Å². The van der Waals surface area contributed by atoms with Gasteiger partial charge < -0.3 is 11.5 Å². The van der Waals surface area contributed by atoms with Gasteiger partial charge in [-0.2, -0.15) is 0 Å². The summed E-state index contributed by atoms with van der Waals surface area (Å²) in [4.78, 5) is 3.99. The molecule has 0 heterocycles. The van der Waals surface area contributed by atoms with E-state index in [0.717, 1.165) is 12.8 Å². The van der Waals surface area contributed by atoms with Crippen LogP contribution in [0.2, 0.25) is 0 Å². The van der Waals surface area contributed by atoms with E-state index >= 15 is 0 Å². The Labute approximate surface area is 56.1 Å². The molecule has 0 amide bonds. The fourth-order valence-electron chi connectivity index (χ4n) is 0.682. The minimum atomic E-state index is 0.198. The van der Waals surface area contributed by atoms with Gasteiger partial charge in [0, 0.05) is 0 Å². The Bertz CT molecular complexity index is 90.5. The van der Waals surface area contributed by atoms with Gasteiger partial charge in [0.1, 0.15) is 0 Å². The summed E-state index contributed by atoms with van der Waals surface area (Å²) in [6.45, 7) is 4.14. The molecule has 9 heavy (non-hydrogen) atoms. The Kier molecular flexibility index (Phi) is 3.84. The number of hydrogen-bond acceptors (Lipinski definition) is 1. The minimum Gasteiger partial charge on any atom is -0.370 e. The van der Waals surface area contributed by atoms with E-state index in [4.69, 9.17) is 11.5 Å². The maximum Gasteiger partial charge on any atom is 0.186 e. The molecule has 3 nitrogen and oxygen atoms in total. The van der Waals surface area contributed by atoms with Crippen LogP contribution in [0.5, 0.6) is 0 Å². The van der Waals surface area contributed by atoms with Crippen molar-refractivity contribution < 1.29 is 0 Å². The first-order valence-corrected chi connectivity index (χ1v) is 3.29. The summed E-state index contributed by atoms with van der Waals surface area (Å²) in [5.41, 5.74) is 10.3. The molecular weight excluding hydrogens is 114 g/mol. The molecule has 0 aromatic rings. The number of aliphatic imine (C=N–C) groups is 1. The van der Waals surface area contributed by atoms with Crippen LogP contribution in [-0.4, -0.2) is 12.0 Å². The van der Waals surface area contributed by atoms with E-state index in [1.54, 1.807) is 0 Å². The summed E-state index contributed by atoms with van der Waals surface area (Å²) in [6.07, 6.45) is 2.02. The fraction of sp³-hybridized carbons (Fsp3) is 0.833. The number of hydrogen-bond donors (Lipinski definition) is 2. The lowest BCUT2D eigenvalue weighted by Crippen LogP contribution is -2.25. The second kappa shape index (κ2) is 4.18. The molecule has 0 unspecified atom stereocenters. The van der Waals surface area contributed by atoms with Crippen LogP contribution < -0.4 is 11.5 Å². The molecule has 0 aromatic heterocycles. The van der Waals surface area contributed by atoms with Crippen LogP contribution >= 0.6 is 0 Å². The molecule has 0 aliphatic heterocycles. The van der Waals surface area contributed by atoms with Crippen molar-refractivity contribution in [3.63, 3.8) is 0 Å². The van der Waals surface area contributed by atoms with Gasteiger partial charge in [-0.15, -0.1) is 0 Å². The fourth-order valence-corrected chi connectivity index (χ4v) is 0.682. The third kappa shape index (κ3) is 3.82. The first-order valence-electron chi connectivity index (χ1n) is 3.29. The second-order valence-electron chi connectivity index (χ2n) is 2.02. The van der Waals surface area contributed by atoms with E-state index in [2.05, 4.69) is 18.8 Å². The maximum atomic E-state index is 5.17. The van der Waals surface area contributed by atoms with Crippen molar-refractivity contribution in [1.29, 1.82) is 0 Å². The summed E-state index contributed by atoms with van der Waals surface area (Å²) >= 11 is 0. The lowest BCUT2D eigenvalue weighted by molar-refractivity contribution is 0.630. The zero-order valence-corrected chi connectivity index (χ0v) is 6.09. The van der Waals surface area contributed by atoms with Crippen LogP contribution in [0.15, 0.2) is 4.99 Å². The van der Waals surface area contributed by atoms with Gasteiger partial charge in [-0.3, -0.25) is 4.99 Å². The lowest BCUT2D eigenvalue weighted by Gasteiger charge is -2.04. The van der Waals surface area contributed by atoms with Crippen molar-refractivity contribution in [2.24, 2.45) is 16.5 Å². The average molecular weight is 129 g/mol. The van der Waals surface area contributed by atoms with Crippen molar-refractivity contribution in [3.05, 3.63) is 0 Å². The first-order chi connectivity index (χ1) is 4.20. The third-order valence-corrected chi connectivity index (χ3v) is 1.27. The largest absolute Gasteiger partial charge is 0.370 e. The summed E-state index contributed by atoms with van der Waals surface area (Å²) in [7, 11) is 0. The Morgan fingerprint density at radius 1 is 1.33 bits per heavy atom. The monoisotopic (exact) mass is 129 g/mol. The highest BCUT2D eigenvalue weighted by Gasteiger charge is 1.97. The molecule has 0 saturated carbocycles. The van der Waals surface area contributed by atoms with Gasteiger partial charge in [-0.05, 0) is 12.8 Å². The molecule has 0 aromatic carbocycles. The van der Waals surface area contributed by atoms with Gasteiger partial charge >= 0.3 is 0 Å². The smallest absolute Gasteiger partial charge is 0.186 e. The number of rotatable bonds is 3. The van der Waals surface area contributed by atoms with E-state index in [9.17, 15) is 0 Å². The summed E-state index contributed by atoms with van der Waals surface area (Å²) in [6, 6.07) is 0.315. The molecule has 0 radical (unpaired) electrons. The van der Waals surface area contributed by atoms with E-state index in [-0.39, 0.29) is 5.96 Å². The van der Waals surface area contributed by atoms with Gasteiger partial charge in [-0.1, -0.05) is 13.8 Å². The number of nitrogens with two attached hydrogens (primary N) is 2. The van der Waals surface area contributed by atoms with Crippen molar-refractivity contribution in [2.45, 2.75) is 32.7 Å². The van der Waals surface area contributed by atoms with Gasteiger partial charge in [0.25, 0.3) is 0 Å². The predicted molar refractivity (Wildman–Crippen MR) is 40.2 cm³/mol. The van der Waals surface area contributed by atoms with Gasteiger partial charge in [-0.25, -0.2) is 0 Å². The van der Waals surface area contributed by atoms with Crippen LogP contribution in [0.1, 0.15) is 26.7 Å². The summed E-state index contributed by atoms with van der Waals surface area (Å²) < 4.78 is 0. The van der Waals surface area contributed by atoms with Crippen molar-refractivity contribution in [3.8, 4) is 0 Å². The third-order valence-electron chi connectivity index (χ3n) is 1.27. The van der Waals surface area contributed by atoms with Crippen LogP contribution in [0, 0.1) is 0 Å². The van der Waals surface area contributed by atoms with Gasteiger partial charge in [0.15, 0.2) is 5.96 Å². The molecule has 3 heteroatoms. The lowest BCUT2D eigenvalue weighted by atomic mass is 10.2.